The van der Waals surface area contributed by atoms with Crippen LogP contribution in [0.1, 0.15) is 44.6 Å². The Kier molecular flexibility index (Phi) is 6.43. The van der Waals surface area contributed by atoms with Crippen LogP contribution in [0, 0.1) is 0 Å². The summed E-state index contributed by atoms with van der Waals surface area (Å²) in [6, 6.07) is 12.5. The van der Waals surface area contributed by atoms with Crippen molar-refractivity contribution in [1.29, 1.82) is 0 Å². The van der Waals surface area contributed by atoms with E-state index in [0.29, 0.717) is 0 Å². The lowest BCUT2D eigenvalue weighted by Gasteiger charge is -2.22. The van der Waals surface area contributed by atoms with Crippen molar-refractivity contribution in [3.63, 3.8) is 0 Å². The van der Waals surface area contributed by atoms with Crippen molar-refractivity contribution in [3.8, 4) is 0 Å². The Bertz CT molecular complexity index is 681. The zero-order valence-electron chi connectivity index (χ0n) is 15.1. The molecule has 1 aliphatic carbocycles. The van der Waals surface area contributed by atoms with Gasteiger partial charge in [-0.15, -0.1) is 0 Å². The molecule has 3 rings (SSSR count). The highest BCUT2D eigenvalue weighted by Crippen LogP contribution is 2.20. The van der Waals surface area contributed by atoms with Gasteiger partial charge in [0.2, 0.25) is 5.95 Å². The number of nitrogens with one attached hydrogen (secondary N) is 1. The Morgan fingerprint density at radius 2 is 2.00 bits per heavy atom. The van der Waals surface area contributed by atoms with Crippen molar-refractivity contribution >= 4 is 11.8 Å². The third kappa shape index (κ3) is 5.31. The Morgan fingerprint density at radius 3 is 2.76 bits per heavy atom. The molecule has 0 bridgehead atoms. The lowest BCUT2D eigenvalue weighted by Crippen LogP contribution is -2.23. The number of hydrogen-bond donors (Lipinski definition) is 1. The minimum Gasteiger partial charge on any atom is -0.354 e. The number of benzene rings is 1. The molecule has 0 unspecified atom stereocenters. The van der Waals surface area contributed by atoms with E-state index in [1.54, 1.807) is 5.57 Å². The fourth-order valence-electron chi connectivity index (χ4n) is 3.24. The SMILES string of the molecule is CCN(Cc1ccccc1)c1ccnc(NCCC2=CCCCC2)n1. The number of anilines is 2. The number of allylic oxidation sites excluding steroid dienone is 1. The average Bonchev–Trinajstić information content (AvgIpc) is 2.68. The first-order valence-corrected chi connectivity index (χ1v) is 9.39. The molecule has 0 fully saturated rings. The van der Waals surface area contributed by atoms with Gasteiger partial charge in [0.05, 0.1) is 0 Å². The number of aromatic nitrogens is 2. The topological polar surface area (TPSA) is 41.1 Å². The van der Waals surface area contributed by atoms with Crippen LogP contribution in [0.25, 0.3) is 0 Å². The Labute approximate surface area is 151 Å². The lowest BCUT2D eigenvalue weighted by atomic mass is 9.97. The molecule has 1 aromatic heterocycles. The molecule has 0 atom stereocenters. The molecule has 0 saturated heterocycles. The molecule has 132 valence electrons. The molecular formula is C21H28N4. The smallest absolute Gasteiger partial charge is 0.224 e. The first-order chi connectivity index (χ1) is 12.3. The third-order valence-electron chi connectivity index (χ3n) is 4.68. The summed E-state index contributed by atoms with van der Waals surface area (Å²) in [5.41, 5.74) is 2.87. The summed E-state index contributed by atoms with van der Waals surface area (Å²) in [6.45, 7) is 4.84. The molecule has 2 aromatic rings. The van der Waals surface area contributed by atoms with E-state index >= 15 is 0 Å². The quantitative estimate of drug-likeness (QED) is 0.703. The lowest BCUT2D eigenvalue weighted by molar-refractivity contribution is 0.679. The summed E-state index contributed by atoms with van der Waals surface area (Å²) in [5, 5.41) is 3.39. The standard InChI is InChI=1S/C21H28N4/c1-2-25(17-19-11-7-4-8-12-19)20-14-16-23-21(24-20)22-15-13-18-9-5-3-6-10-18/h4,7-9,11-12,14,16H,2-3,5-6,10,13,15,17H2,1H3,(H,22,23,24). The molecule has 0 aliphatic heterocycles. The molecule has 1 aliphatic rings. The van der Waals surface area contributed by atoms with Crippen molar-refractivity contribution in [2.24, 2.45) is 0 Å². The molecular weight excluding hydrogens is 308 g/mol. The van der Waals surface area contributed by atoms with Crippen molar-refractivity contribution in [2.75, 3.05) is 23.3 Å². The summed E-state index contributed by atoms with van der Waals surface area (Å²) in [6.07, 6.45) is 10.5. The van der Waals surface area contributed by atoms with Crippen molar-refractivity contribution in [1.82, 2.24) is 9.97 Å². The molecule has 1 heterocycles. The van der Waals surface area contributed by atoms with Crippen molar-refractivity contribution in [2.45, 2.75) is 45.6 Å². The van der Waals surface area contributed by atoms with E-state index in [0.717, 1.165) is 37.8 Å². The Morgan fingerprint density at radius 1 is 1.12 bits per heavy atom. The van der Waals surface area contributed by atoms with Crippen molar-refractivity contribution in [3.05, 3.63) is 59.8 Å². The fraction of sp³-hybridized carbons (Fsp3) is 0.429. The molecule has 0 saturated carbocycles. The summed E-state index contributed by atoms with van der Waals surface area (Å²) in [4.78, 5) is 11.4. The maximum Gasteiger partial charge on any atom is 0.224 e. The highest BCUT2D eigenvalue weighted by atomic mass is 15.2. The zero-order valence-corrected chi connectivity index (χ0v) is 15.1. The highest BCUT2D eigenvalue weighted by molar-refractivity contribution is 5.43. The second kappa shape index (κ2) is 9.21. The van der Waals surface area contributed by atoms with Crippen LogP contribution in [0.3, 0.4) is 0 Å². The molecule has 1 aromatic carbocycles. The molecule has 0 spiro atoms. The summed E-state index contributed by atoms with van der Waals surface area (Å²) in [7, 11) is 0. The van der Waals surface area contributed by atoms with Crippen LogP contribution in [-0.2, 0) is 6.54 Å². The van der Waals surface area contributed by atoms with Crippen molar-refractivity contribution < 1.29 is 0 Å². The molecule has 25 heavy (non-hydrogen) atoms. The molecule has 4 nitrogen and oxygen atoms in total. The summed E-state index contributed by atoms with van der Waals surface area (Å²) >= 11 is 0. The van der Waals surface area contributed by atoms with E-state index in [1.807, 2.05) is 18.3 Å². The maximum absolute atomic E-state index is 4.71. The zero-order chi connectivity index (χ0) is 17.3. The molecule has 1 N–H and O–H groups in total. The van der Waals surface area contributed by atoms with E-state index in [9.17, 15) is 0 Å². The first-order valence-electron chi connectivity index (χ1n) is 9.39. The van der Waals surface area contributed by atoms with E-state index < -0.39 is 0 Å². The molecule has 4 heteroatoms. The second-order valence-corrected chi connectivity index (χ2v) is 6.52. The van der Waals surface area contributed by atoms with E-state index in [2.05, 4.69) is 52.5 Å². The Balaban J connectivity index is 1.58. The second-order valence-electron chi connectivity index (χ2n) is 6.52. The van der Waals surface area contributed by atoms with Crippen LogP contribution in [0.5, 0.6) is 0 Å². The van der Waals surface area contributed by atoms with Gasteiger partial charge >= 0.3 is 0 Å². The highest BCUT2D eigenvalue weighted by Gasteiger charge is 2.09. The van der Waals surface area contributed by atoms with Crippen LogP contribution in [0.2, 0.25) is 0 Å². The van der Waals surface area contributed by atoms with Crippen LogP contribution in [-0.4, -0.2) is 23.1 Å². The third-order valence-corrected chi connectivity index (χ3v) is 4.68. The number of hydrogen-bond acceptors (Lipinski definition) is 4. The summed E-state index contributed by atoms with van der Waals surface area (Å²) < 4.78 is 0. The maximum atomic E-state index is 4.71. The van der Waals surface area contributed by atoms with Crippen LogP contribution in [0.15, 0.2) is 54.2 Å². The number of rotatable bonds is 8. The minimum atomic E-state index is 0.723. The van der Waals surface area contributed by atoms with Gasteiger partial charge in [-0.25, -0.2) is 4.98 Å². The monoisotopic (exact) mass is 336 g/mol. The largest absolute Gasteiger partial charge is 0.354 e. The van der Waals surface area contributed by atoms with E-state index in [-0.39, 0.29) is 0 Å². The predicted molar refractivity (Wildman–Crippen MR) is 105 cm³/mol. The van der Waals surface area contributed by atoms with Gasteiger partial charge in [0.1, 0.15) is 5.82 Å². The molecule has 0 radical (unpaired) electrons. The van der Waals surface area contributed by atoms with Gasteiger partial charge in [0.15, 0.2) is 0 Å². The van der Waals surface area contributed by atoms with Gasteiger partial charge in [-0.3, -0.25) is 0 Å². The van der Waals surface area contributed by atoms with E-state index in [4.69, 9.17) is 4.98 Å². The van der Waals surface area contributed by atoms with Crippen LogP contribution >= 0.6 is 0 Å². The van der Waals surface area contributed by atoms with Gasteiger partial charge in [0.25, 0.3) is 0 Å². The fourth-order valence-corrected chi connectivity index (χ4v) is 3.24. The predicted octanol–water partition coefficient (Wildman–Crippen LogP) is 4.81. The van der Waals surface area contributed by atoms with E-state index in [1.165, 1.54) is 31.2 Å². The minimum absolute atomic E-state index is 0.723. The summed E-state index contributed by atoms with van der Waals surface area (Å²) in [5.74, 6) is 1.70. The van der Waals surface area contributed by atoms with Gasteiger partial charge < -0.3 is 10.2 Å². The van der Waals surface area contributed by atoms with Gasteiger partial charge in [-0.1, -0.05) is 42.0 Å². The van der Waals surface area contributed by atoms with Crippen LogP contribution in [0.4, 0.5) is 11.8 Å². The Hall–Kier alpha value is -2.36. The number of nitrogens with zero attached hydrogens (tertiary/aromatic N) is 3. The first kappa shape index (κ1) is 17.5. The van der Waals surface area contributed by atoms with Gasteiger partial charge in [0, 0.05) is 25.8 Å². The normalized spacial score (nSPS) is 14.0. The van der Waals surface area contributed by atoms with Gasteiger partial charge in [-0.2, -0.15) is 4.98 Å². The van der Waals surface area contributed by atoms with Gasteiger partial charge in [-0.05, 0) is 50.7 Å². The average molecular weight is 336 g/mol. The van der Waals surface area contributed by atoms with Crippen LogP contribution < -0.4 is 10.2 Å². The molecule has 0 amide bonds.